The number of hydrogen-bond acceptors (Lipinski definition) is 4. The maximum absolute atomic E-state index is 12.0. The van der Waals surface area contributed by atoms with Crippen molar-refractivity contribution in [1.29, 1.82) is 0 Å². The number of nitrogens with zero attached hydrogens (tertiary/aromatic N) is 1. The van der Waals surface area contributed by atoms with E-state index >= 15 is 0 Å². The summed E-state index contributed by atoms with van der Waals surface area (Å²) in [6.45, 7) is 8.22. The van der Waals surface area contributed by atoms with E-state index in [4.69, 9.17) is 9.84 Å². The zero-order valence-electron chi connectivity index (χ0n) is 11.3. The van der Waals surface area contributed by atoms with Crippen LogP contribution in [-0.2, 0) is 14.3 Å². The smallest absolute Gasteiger partial charge is 0.417 e. The van der Waals surface area contributed by atoms with Crippen molar-refractivity contribution < 1.29 is 24.2 Å². The fourth-order valence-electron chi connectivity index (χ4n) is 1.85. The van der Waals surface area contributed by atoms with Crippen LogP contribution in [0.15, 0.2) is 0 Å². The number of carbonyl (C=O) groups excluding carboxylic acids is 2. The first-order valence-corrected chi connectivity index (χ1v) is 5.75. The van der Waals surface area contributed by atoms with Crippen molar-refractivity contribution >= 4 is 18.0 Å². The molecule has 0 radical (unpaired) electrons. The molecule has 0 aromatic carbocycles. The van der Waals surface area contributed by atoms with Gasteiger partial charge in [-0.1, -0.05) is 13.8 Å². The van der Waals surface area contributed by atoms with E-state index in [1.54, 1.807) is 34.6 Å². The molecule has 6 heteroatoms. The normalized spacial score (nSPS) is 23.1. The van der Waals surface area contributed by atoms with Crippen LogP contribution in [0.1, 0.15) is 41.0 Å². The van der Waals surface area contributed by atoms with Crippen LogP contribution in [0, 0.1) is 5.41 Å². The summed E-state index contributed by atoms with van der Waals surface area (Å²) in [5.41, 5.74) is -1.63. The molecular formula is C12H19NO5. The molecule has 1 rings (SSSR count). The Morgan fingerprint density at radius 3 is 2.28 bits per heavy atom. The van der Waals surface area contributed by atoms with E-state index < -0.39 is 35.0 Å². The number of likely N-dealkylation sites (tertiary alicyclic amines) is 1. The summed E-state index contributed by atoms with van der Waals surface area (Å²) < 4.78 is 5.07. The van der Waals surface area contributed by atoms with Crippen LogP contribution in [-0.4, -0.2) is 39.6 Å². The van der Waals surface area contributed by atoms with Crippen molar-refractivity contribution in [3.8, 4) is 0 Å². The topological polar surface area (TPSA) is 83.9 Å². The third-order valence-corrected chi connectivity index (χ3v) is 2.69. The third-order valence-electron chi connectivity index (χ3n) is 2.69. The fourth-order valence-corrected chi connectivity index (χ4v) is 1.85. The molecule has 1 fully saturated rings. The van der Waals surface area contributed by atoms with Crippen LogP contribution in [0.4, 0.5) is 4.79 Å². The van der Waals surface area contributed by atoms with E-state index in [1.807, 2.05) is 0 Å². The van der Waals surface area contributed by atoms with Gasteiger partial charge in [0.2, 0.25) is 5.91 Å². The Labute approximate surface area is 106 Å². The number of imide groups is 1. The number of carbonyl (C=O) groups is 3. The molecular weight excluding hydrogens is 238 g/mol. The molecule has 2 amide bonds. The summed E-state index contributed by atoms with van der Waals surface area (Å²) in [7, 11) is 0. The lowest BCUT2D eigenvalue weighted by Crippen LogP contribution is -2.46. The molecule has 102 valence electrons. The van der Waals surface area contributed by atoms with Gasteiger partial charge in [-0.05, 0) is 27.2 Å². The van der Waals surface area contributed by atoms with Crippen molar-refractivity contribution in [3.63, 3.8) is 0 Å². The van der Waals surface area contributed by atoms with Crippen LogP contribution in [0.25, 0.3) is 0 Å². The Hall–Kier alpha value is -1.59. The Kier molecular flexibility index (Phi) is 3.42. The Balaban J connectivity index is 3.00. The standard InChI is InChI=1S/C12H19NO5/c1-11(2,3)18-10(17)13-7(8(14)15)6-12(4,5)9(13)16/h7H,6H2,1-5H3,(H,14,15). The lowest BCUT2D eigenvalue weighted by atomic mass is 9.90. The maximum Gasteiger partial charge on any atom is 0.417 e. The van der Waals surface area contributed by atoms with E-state index in [-0.39, 0.29) is 6.42 Å². The fraction of sp³-hybridized carbons (Fsp3) is 0.750. The van der Waals surface area contributed by atoms with E-state index in [9.17, 15) is 14.4 Å². The number of ether oxygens (including phenoxy) is 1. The molecule has 6 nitrogen and oxygen atoms in total. The average Bonchev–Trinajstić information content (AvgIpc) is 2.35. The summed E-state index contributed by atoms with van der Waals surface area (Å²) in [4.78, 5) is 35.8. The van der Waals surface area contributed by atoms with Gasteiger partial charge in [0, 0.05) is 5.41 Å². The van der Waals surface area contributed by atoms with Crippen molar-refractivity contribution in [2.24, 2.45) is 5.41 Å². The van der Waals surface area contributed by atoms with Gasteiger partial charge in [-0.15, -0.1) is 0 Å². The molecule has 0 aromatic heterocycles. The minimum Gasteiger partial charge on any atom is -0.480 e. The molecule has 0 aromatic rings. The lowest BCUT2D eigenvalue weighted by molar-refractivity contribution is -0.146. The first kappa shape index (κ1) is 14.5. The van der Waals surface area contributed by atoms with E-state index in [0.29, 0.717) is 4.90 Å². The number of amides is 2. The molecule has 18 heavy (non-hydrogen) atoms. The second-order valence-corrected chi connectivity index (χ2v) is 6.10. The first-order valence-electron chi connectivity index (χ1n) is 5.75. The van der Waals surface area contributed by atoms with Crippen LogP contribution in [0.2, 0.25) is 0 Å². The highest BCUT2D eigenvalue weighted by Gasteiger charge is 2.52. The van der Waals surface area contributed by atoms with Crippen LogP contribution >= 0.6 is 0 Å². The Morgan fingerprint density at radius 2 is 1.89 bits per heavy atom. The van der Waals surface area contributed by atoms with Crippen molar-refractivity contribution in [2.45, 2.75) is 52.7 Å². The predicted octanol–water partition coefficient (Wildman–Crippen LogP) is 1.63. The SMILES string of the molecule is CC(C)(C)OC(=O)N1C(=O)C(C)(C)CC1C(=O)O. The van der Waals surface area contributed by atoms with Gasteiger partial charge in [-0.25, -0.2) is 14.5 Å². The van der Waals surface area contributed by atoms with Gasteiger partial charge in [-0.3, -0.25) is 4.79 Å². The first-order chi connectivity index (χ1) is 7.96. The summed E-state index contributed by atoms with van der Waals surface area (Å²) >= 11 is 0. The number of carboxylic acid groups (broad SMARTS) is 1. The predicted molar refractivity (Wildman–Crippen MR) is 62.9 cm³/mol. The maximum atomic E-state index is 12.0. The van der Waals surface area contributed by atoms with Gasteiger partial charge < -0.3 is 9.84 Å². The largest absolute Gasteiger partial charge is 0.480 e. The van der Waals surface area contributed by atoms with Crippen molar-refractivity contribution in [2.75, 3.05) is 0 Å². The van der Waals surface area contributed by atoms with Crippen molar-refractivity contribution in [1.82, 2.24) is 4.90 Å². The third kappa shape index (κ3) is 2.80. The second kappa shape index (κ2) is 4.26. The highest BCUT2D eigenvalue weighted by atomic mass is 16.6. The average molecular weight is 257 g/mol. The molecule has 0 spiro atoms. The summed E-state index contributed by atoms with van der Waals surface area (Å²) in [5.74, 6) is -1.70. The minimum atomic E-state index is -1.19. The molecule has 1 N–H and O–H groups in total. The minimum absolute atomic E-state index is 0.0976. The monoisotopic (exact) mass is 257 g/mol. The summed E-state index contributed by atoms with van der Waals surface area (Å²) in [5, 5.41) is 9.08. The highest BCUT2D eigenvalue weighted by Crippen LogP contribution is 2.36. The van der Waals surface area contributed by atoms with Gasteiger partial charge in [-0.2, -0.15) is 0 Å². The molecule has 1 heterocycles. The molecule has 0 aliphatic carbocycles. The van der Waals surface area contributed by atoms with E-state index in [1.165, 1.54) is 0 Å². The Bertz CT molecular complexity index is 394. The van der Waals surface area contributed by atoms with Crippen molar-refractivity contribution in [3.05, 3.63) is 0 Å². The number of hydrogen-bond donors (Lipinski definition) is 1. The van der Waals surface area contributed by atoms with Gasteiger partial charge >= 0.3 is 12.1 Å². The van der Waals surface area contributed by atoms with Gasteiger partial charge in [0.25, 0.3) is 0 Å². The molecule has 1 atom stereocenters. The van der Waals surface area contributed by atoms with Gasteiger partial charge in [0.1, 0.15) is 11.6 Å². The molecule has 0 saturated carbocycles. The Morgan fingerprint density at radius 1 is 1.39 bits per heavy atom. The zero-order valence-corrected chi connectivity index (χ0v) is 11.3. The molecule has 1 saturated heterocycles. The number of aliphatic carboxylic acids is 1. The molecule has 1 aliphatic rings. The number of rotatable bonds is 1. The zero-order chi connectivity index (χ0) is 14.3. The molecule has 1 aliphatic heterocycles. The molecule has 1 unspecified atom stereocenters. The second-order valence-electron chi connectivity index (χ2n) is 6.10. The van der Waals surface area contributed by atoms with E-state index in [2.05, 4.69) is 0 Å². The van der Waals surface area contributed by atoms with E-state index in [0.717, 1.165) is 0 Å². The summed E-state index contributed by atoms with van der Waals surface area (Å²) in [6.07, 6.45) is -0.800. The number of carboxylic acids is 1. The highest BCUT2D eigenvalue weighted by molar-refractivity contribution is 6.01. The lowest BCUT2D eigenvalue weighted by Gasteiger charge is -2.26. The summed E-state index contributed by atoms with van der Waals surface area (Å²) in [6, 6.07) is -1.15. The van der Waals surface area contributed by atoms with Gasteiger partial charge in [0.05, 0.1) is 0 Å². The van der Waals surface area contributed by atoms with Crippen LogP contribution in [0.3, 0.4) is 0 Å². The quantitative estimate of drug-likeness (QED) is 0.771. The molecule has 0 bridgehead atoms. The van der Waals surface area contributed by atoms with Crippen LogP contribution < -0.4 is 0 Å². The van der Waals surface area contributed by atoms with Gasteiger partial charge in [0.15, 0.2) is 0 Å². The van der Waals surface area contributed by atoms with Crippen LogP contribution in [0.5, 0.6) is 0 Å².